The second-order valence-electron chi connectivity index (χ2n) is 5.40. The van der Waals surface area contributed by atoms with Crippen LogP contribution in [0, 0.1) is 5.82 Å². The highest BCUT2D eigenvalue weighted by Crippen LogP contribution is 2.36. The normalized spacial score (nSPS) is 11.0. The molecule has 0 aliphatic carbocycles. The third-order valence-corrected chi connectivity index (χ3v) is 4.70. The first-order valence-corrected chi connectivity index (χ1v) is 8.83. The Bertz CT molecular complexity index is 976. The summed E-state index contributed by atoms with van der Waals surface area (Å²) >= 11 is 1.31. The summed E-state index contributed by atoms with van der Waals surface area (Å²) in [6.45, 7) is 1.98. The number of carbonyl (C=O) groups is 2. The summed E-state index contributed by atoms with van der Waals surface area (Å²) in [4.78, 5) is 24.6. The van der Waals surface area contributed by atoms with E-state index < -0.39 is 5.97 Å². The minimum Gasteiger partial charge on any atom is -0.462 e. The number of hydrogen-bond acceptors (Lipinski definition) is 4. The summed E-state index contributed by atoms with van der Waals surface area (Å²) < 4.78 is 18.9. The Balaban J connectivity index is 1.85. The Morgan fingerprint density at radius 3 is 2.62 bits per heavy atom. The van der Waals surface area contributed by atoms with Crippen LogP contribution in [0.15, 0.2) is 54.6 Å². The van der Waals surface area contributed by atoms with E-state index in [-0.39, 0.29) is 18.3 Å². The predicted octanol–water partition coefficient (Wildman–Crippen LogP) is 4.87. The van der Waals surface area contributed by atoms with Crippen LogP contribution in [0.1, 0.15) is 22.8 Å². The molecule has 0 saturated heterocycles. The van der Waals surface area contributed by atoms with Crippen molar-refractivity contribution in [1.82, 2.24) is 0 Å². The monoisotopic (exact) mass is 369 g/mol. The first kappa shape index (κ1) is 17.8. The van der Waals surface area contributed by atoms with Gasteiger partial charge in [-0.3, -0.25) is 4.79 Å². The maximum Gasteiger partial charge on any atom is 0.341 e. The molecule has 3 rings (SSSR count). The van der Waals surface area contributed by atoms with E-state index in [1.165, 1.54) is 29.5 Å². The minimum absolute atomic E-state index is 0.251. The maximum atomic E-state index is 12.9. The highest BCUT2D eigenvalue weighted by Gasteiger charge is 2.20. The lowest BCUT2D eigenvalue weighted by Gasteiger charge is -2.05. The molecule has 0 atom stereocenters. The van der Waals surface area contributed by atoms with Crippen molar-refractivity contribution in [3.8, 4) is 0 Å². The van der Waals surface area contributed by atoms with Gasteiger partial charge in [-0.25, -0.2) is 9.18 Å². The molecule has 0 aliphatic rings. The molecule has 3 aromatic rings. The van der Waals surface area contributed by atoms with E-state index in [0.29, 0.717) is 16.1 Å². The summed E-state index contributed by atoms with van der Waals surface area (Å²) in [5.74, 6) is -1.19. The molecule has 0 bridgehead atoms. The van der Waals surface area contributed by atoms with Gasteiger partial charge in [0.25, 0.3) is 0 Å². The van der Waals surface area contributed by atoms with Crippen molar-refractivity contribution in [2.24, 2.45) is 0 Å². The van der Waals surface area contributed by atoms with E-state index in [4.69, 9.17) is 4.74 Å². The number of anilines is 1. The van der Waals surface area contributed by atoms with Gasteiger partial charge in [-0.15, -0.1) is 11.3 Å². The van der Waals surface area contributed by atoms with Crippen molar-refractivity contribution in [2.45, 2.75) is 6.92 Å². The summed E-state index contributed by atoms with van der Waals surface area (Å²) in [6, 6.07) is 13.2. The highest BCUT2D eigenvalue weighted by molar-refractivity contribution is 7.23. The Labute approximate surface area is 153 Å². The Morgan fingerprint density at radius 2 is 1.88 bits per heavy atom. The largest absolute Gasteiger partial charge is 0.462 e. The summed E-state index contributed by atoms with van der Waals surface area (Å²) in [5.41, 5.74) is 1.06. The average Bonchev–Trinajstić information content (AvgIpc) is 2.99. The van der Waals surface area contributed by atoms with Gasteiger partial charge in [-0.2, -0.15) is 0 Å². The number of benzene rings is 2. The van der Waals surface area contributed by atoms with Crippen molar-refractivity contribution >= 4 is 44.4 Å². The van der Waals surface area contributed by atoms with Crippen LogP contribution in [0.5, 0.6) is 0 Å². The number of hydrogen-bond donors (Lipinski definition) is 1. The molecule has 1 heterocycles. The SMILES string of the molecule is CCOC(=O)c1c(NC(=O)/C=C/c2ccc(F)cc2)sc2ccccc12. The van der Waals surface area contributed by atoms with Gasteiger partial charge in [-0.05, 0) is 36.8 Å². The fourth-order valence-corrected chi connectivity index (χ4v) is 3.53. The molecule has 0 saturated carbocycles. The minimum atomic E-state index is -0.470. The van der Waals surface area contributed by atoms with Crippen LogP contribution in [-0.4, -0.2) is 18.5 Å². The quantitative estimate of drug-likeness (QED) is 0.516. The average molecular weight is 369 g/mol. The molecule has 0 fully saturated rings. The zero-order valence-corrected chi connectivity index (χ0v) is 14.8. The lowest BCUT2D eigenvalue weighted by molar-refractivity contribution is -0.111. The zero-order valence-electron chi connectivity index (χ0n) is 14.0. The number of rotatable bonds is 5. The molecule has 0 spiro atoms. The van der Waals surface area contributed by atoms with E-state index >= 15 is 0 Å². The lowest BCUT2D eigenvalue weighted by atomic mass is 10.1. The molecule has 0 aliphatic heterocycles. The van der Waals surface area contributed by atoms with Crippen LogP contribution in [0.25, 0.3) is 16.2 Å². The molecule has 0 unspecified atom stereocenters. The smallest absolute Gasteiger partial charge is 0.341 e. The van der Waals surface area contributed by atoms with Crippen molar-refractivity contribution in [1.29, 1.82) is 0 Å². The third kappa shape index (κ3) is 3.97. The number of amides is 1. The number of ether oxygens (including phenoxy) is 1. The second-order valence-corrected chi connectivity index (χ2v) is 6.45. The highest BCUT2D eigenvalue weighted by atomic mass is 32.1. The molecule has 132 valence electrons. The van der Waals surface area contributed by atoms with E-state index in [9.17, 15) is 14.0 Å². The molecule has 2 aromatic carbocycles. The van der Waals surface area contributed by atoms with Crippen molar-refractivity contribution < 1.29 is 18.7 Å². The first-order valence-electron chi connectivity index (χ1n) is 8.01. The van der Waals surface area contributed by atoms with Crippen molar-refractivity contribution in [2.75, 3.05) is 11.9 Å². The van der Waals surface area contributed by atoms with E-state index in [0.717, 1.165) is 10.1 Å². The van der Waals surface area contributed by atoms with E-state index in [1.807, 2.05) is 24.3 Å². The van der Waals surface area contributed by atoms with Crippen LogP contribution in [0.3, 0.4) is 0 Å². The zero-order chi connectivity index (χ0) is 18.5. The number of esters is 1. The Hall–Kier alpha value is -2.99. The summed E-state index contributed by atoms with van der Waals surface area (Å²) in [5, 5.41) is 3.93. The second kappa shape index (κ2) is 7.93. The number of carbonyl (C=O) groups excluding carboxylic acids is 2. The van der Waals surface area contributed by atoms with E-state index in [1.54, 1.807) is 25.1 Å². The first-order chi connectivity index (χ1) is 12.6. The number of halogens is 1. The molecule has 1 aromatic heterocycles. The molecule has 0 radical (unpaired) electrons. The number of fused-ring (bicyclic) bond motifs is 1. The Morgan fingerprint density at radius 1 is 1.15 bits per heavy atom. The molecular weight excluding hydrogens is 353 g/mol. The fourth-order valence-electron chi connectivity index (χ4n) is 2.44. The summed E-state index contributed by atoms with van der Waals surface area (Å²) in [6.07, 6.45) is 2.92. The predicted molar refractivity (Wildman–Crippen MR) is 102 cm³/mol. The fraction of sp³-hybridized carbons (Fsp3) is 0.100. The molecule has 26 heavy (non-hydrogen) atoms. The number of nitrogens with one attached hydrogen (secondary N) is 1. The molecular formula is C20H16FNO3S. The topological polar surface area (TPSA) is 55.4 Å². The summed E-state index contributed by atoms with van der Waals surface area (Å²) in [7, 11) is 0. The molecule has 1 N–H and O–H groups in total. The van der Waals surface area contributed by atoms with Gasteiger partial charge in [-0.1, -0.05) is 30.3 Å². The van der Waals surface area contributed by atoms with Crippen LogP contribution >= 0.6 is 11.3 Å². The van der Waals surface area contributed by atoms with Crippen LogP contribution < -0.4 is 5.32 Å². The maximum absolute atomic E-state index is 12.9. The standard InChI is InChI=1S/C20H16FNO3S/c1-2-25-20(24)18-15-5-3-4-6-16(15)26-19(18)22-17(23)12-9-13-7-10-14(21)11-8-13/h3-12H,2H2,1H3,(H,22,23)/b12-9+. The molecule has 6 heteroatoms. The van der Waals surface area contributed by atoms with Crippen LogP contribution in [0.2, 0.25) is 0 Å². The lowest BCUT2D eigenvalue weighted by Crippen LogP contribution is -2.12. The van der Waals surface area contributed by atoms with E-state index in [2.05, 4.69) is 5.32 Å². The number of thiophene rings is 1. The van der Waals surface area contributed by atoms with Gasteiger partial charge in [0.05, 0.1) is 6.61 Å². The van der Waals surface area contributed by atoms with Crippen LogP contribution in [0.4, 0.5) is 9.39 Å². The third-order valence-electron chi connectivity index (χ3n) is 3.61. The molecule has 4 nitrogen and oxygen atoms in total. The van der Waals surface area contributed by atoms with Gasteiger partial charge < -0.3 is 10.1 Å². The Kier molecular flexibility index (Phi) is 5.43. The van der Waals surface area contributed by atoms with Gasteiger partial charge in [0, 0.05) is 16.2 Å². The molecule has 1 amide bonds. The van der Waals surface area contributed by atoms with Gasteiger partial charge in [0.1, 0.15) is 16.4 Å². The van der Waals surface area contributed by atoms with Gasteiger partial charge in [0.15, 0.2) is 0 Å². The van der Waals surface area contributed by atoms with Gasteiger partial charge in [0.2, 0.25) is 5.91 Å². The van der Waals surface area contributed by atoms with Gasteiger partial charge >= 0.3 is 5.97 Å². The van der Waals surface area contributed by atoms with Crippen molar-refractivity contribution in [3.05, 3.63) is 71.6 Å². The van der Waals surface area contributed by atoms with Crippen molar-refractivity contribution in [3.63, 3.8) is 0 Å². The van der Waals surface area contributed by atoms with Crippen LogP contribution in [-0.2, 0) is 9.53 Å².